The molecule has 0 aliphatic carbocycles. The Balaban J connectivity index is 2.45. The van der Waals surface area contributed by atoms with Gasteiger partial charge in [0.05, 0.1) is 7.11 Å². The Morgan fingerprint density at radius 3 is 2.45 bits per heavy atom. The number of rotatable bonds is 10. The number of hydrogen-bond acceptors (Lipinski definition) is 2. The van der Waals surface area contributed by atoms with Crippen LogP contribution in [0.1, 0.15) is 63.5 Å². The second-order valence-corrected chi connectivity index (χ2v) is 5.29. The molecule has 0 aliphatic heterocycles. The molecule has 0 amide bonds. The van der Waals surface area contributed by atoms with Gasteiger partial charge in [-0.1, -0.05) is 51.5 Å². The standard InChI is InChI=1S/C17H28FNO/c1-4-5-6-7-8-9-10-17(19-2)15-12-11-14(20-3)13-16(15)18/h11-13,17,19H,4-10H2,1-3H3. The molecule has 114 valence electrons. The van der Waals surface area contributed by atoms with E-state index in [1.807, 2.05) is 19.2 Å². The van der Waals surface area contributed by atoms with E-state index in [1.165, 1.54) is 38.2 Å². The van der Waals surface area contributed by atoms with Gasteiger partial charge in [-0.15, -0.1) is 0 Å². The van der Waals surface area contributed by atoms with E-state index in [2.05, 4.69) is 12.2 Å². The topological polar surface area (TPSA) is 21.3 Å². The Labute approximate surface area is 122 Å². The molecule has 3 heteroatoms. The number of ether oxygens (including phenoxy) is 1. The van der Waals surface area contributed by atoms with Gasteiger partial charge in [0, 0.05) is 17.7 Å². The first-order chi connectivity index (χ1) is 9.72. The van der Waals surface area contributed by atoms with Gasteiger partial charge in [0.1, 0.15) is 11.6 Å². The third-order valence-corrected chi connectivity index (χ3v) is 3.78. The van der Waals surface area contributed by atoms with Crippen LogP contribution in [0, 0.1) is 5.82 Å². The molecule has 20 heavy (non-hydrogen) atoms. The van der Waals surface area contributed by atoms with Crippen LogP contribution in [0.25, 0.3) is 0 Å². The van der Waals surface area contributed by atoms with Crippen molar-refractivity contribution in [3.63, 3.8) is 0 Å². The van der Waals surface area contributed by atoms with Crippen molar-refractivity contribution in [1.29, 1.82) is 0 Å². The third kappa shape index (κ3) is 5.49. The maximum absolute atomic E-state index is 14.0. The van der Waals surface area contributed by atoms with Gasteiger partial charge in [0.15, 0.2) is 0 Å². The minimum Gasteiger partial charge on any atom is -0.497 e. The molecular weight excluding hydrogens is 253 g/mol. The average Bonchev–Trinajstić information content (AvgIpc) is 2.47. The van der Waals surface area contributed by atoms with Gasteiger partial charge in [-0.25, -0.2) is 4.39 Å². The summed E-state index contributed by atoms with van der Waals surface area (Å²) in [6.45, 7) is 2.23. The number of halogens is 1. The van der Waals surface area contributed by atoms with Crippen LogP contribution in [0.2, 0.25) is 0 Å². The van der Waals surface area contributed by atoms with E-state index < -0.39 is 0 Å². The quantitative estimate of drug-likeness (QED) is 0.619. The van der Waals surface area contributed by atoms with E-state index in [9.17, 15) is 4.39 Å². The Kier molecular flexibility index (Phi) is 8.28. The fourth-order valence-electron chi connectivity index (χ4n) is 2.50. The summed E-state index contributed by atoms with van der Waals surface area (Å²) in [5.41, 5.74) is 0.738. The van der Waals surface area contributed by atoms with Crippen molar-refractivity contribution < 1.29 is 9.13 Å². The van der Waals surface area contributed by atoms with E-state index >= 15 is 0 Å². The number of hydrogen-bond donors (Lipinski definition) is 1. The number of benzene rings is 1. The Morgan fingerprint density at radius 1 is 1.15 bits per heavy atom. The monoisotopic (exact) mass is 281 g/mol. The van der Waals surface area contributed by atoms with Crippen molar-refractivity contribution in [2.24, 2.45) is 0 Å². The fraction of sp³-hybridized carbons (Fsp3) is 0.647. The van der Waals surface area contributed by atoms with E-state index in [-0.39, 0.29) is 11.9 Å². The molecule has 1 rings (SSSR count). The van der Waals surface area contributed by atoms with Crippen molar-refractivity contribution in [3.05, 3.63) is 29.6 Å². The van der Waals surface area contributed by atoms with E-state index in [0.717, 1.165) is 18.4 Å². The highest BCUT2D eigenvalue weighted by Gasteiger charge is 2.14. The first kappa shape index (κ1) is 17.0. The molecule has 0 aliphatic rings. The summed E-state index contributed by atoms with van der Waals surface area (Å²) in [5.74, 6) is 0.385. The number of unbranched alkanes of at least 4 members (excludes halogenated alkanes) is 5. The molecule has 0 aromatic heterocycles. The lowest BCUT2D eigenvalue weighted by molar-refractivity contribution is 0.408. The molecule has 0 spiro atoms. The highest BCUT2D eigenvalue weighted by Crippen LogP contribution is 2.25. The third-order valence-electron chi connectivity index (χ3n) is 3.78. The van der Waals surface area contributed by atoms with E-state index in [1.54, 1.807) is 7.11 Å². The van der Waals surface area contributed by atoms with Gasteiger partial charge in [-0.2, -0.15) is 0 Å². The minimum atomic E-state index is -0.185. The first-order valence-corrected chi connectivity index (χ1v) is 7.73. The highest BCUT2D eigenvalue weighted by molar-refractivity contribution is 5.30. The van der Waals surface area contributed by atoms with Gasteiger partial charge in [-0.3, -0.25) is 0 Å². The van der Waals surface area contributed by atoms with Crippen LogP contribution >= 0.6 is 0 Å². The van der Waals surface area contributed by atoms with Crippen molar-refractivity contribution in [3.8, 4) is 5.75 Å². The molecule has 2 nitrogen and oxygen atoms in total. The minimum absolute atomic E-state index is 0.0899. The van der Waals surface area contributed by atoms with Gasteiger partial charge in [-0.05, 0) is 19.5 Å². The predicted molar refractivity (Wildman–Crippen MR) is 82.7 cm³/mol. The SMILES string of the molecule is CCCCCCCCC(NC)c1ccc(OC)cc1F. The van der Waals surface area contributed by atoms with Crippen LogP contribution in [0.4, 0.5) is 4.39 Å². The van der Waals surface area contributed by atoms with Crippen LogP contribution in [0.3, 0.4) is 0 Å². The Bertz CT molecular complexity index is 381. The maximum atomic E-state index is 14.0. The molecule has 1 atom stereocenters. The fourth-order valence-corrected chi connectivity index (χ4v) is 2.50. The van der Waals surface area contributed by atoms with Crippen molar-refractivity contribution in [1.82, 2.24) is 5.32 Å². The lowest BCUT2D eigenvalue weighted by Gasteiger charge is -2.17. The van der Waals surface area contributed by atoms with Crippen LogP contribution in [-0.4, -0.2) is 14.2 Å². The molecular formula is C17H28FNO. The summed E-state index contributed by atoms with van der Waals surface area (Å²) in [5, 5.41) is 3.22. The molecule has 1 aromatic rings. The molecule has 0 saturated heterocycles. The molecule has 0 heterocycles. The summed E-state index contributed by atoms with van der Waals surface area (Å²) in [6, 6.07) is 5.20. The maximum Gasteiger partial charge on any atom is 0.131 e. The number of nitrogens with one attached hydrogen (secondary N) is 1. The Hall–Kier alpha value is -1.09. The zero-order valence-electron chi connectivity index (χ0n) is 13.0. The van der Waals surface area contributed by atoms with Crippen LogP contribution < -0.4 is 10.1 Å². The summed E-state index contributed by atoms with van der Waals surface area (Å²) in [4.78, 5) is 0. The Morgan fingerprint density at radius 2 is 1.85 bits per heavy atom. The van der Waals surface area contributed by atoms with Crippen molar-refractivity contribution in [2.45, 2.75) is 57.9 Å². The second-order valence-electron chi connectivity index (χ2n) is 5.29. The van der Waals surface area contributed by atoms with Gasteiger partial charge >= 0.3 is 0 Å². The van der Waals surface area contributed by atoms with Gasteiger partial charge < -0.3 is 10.1 Å². The largest absolute Gasteiger partial charge is 0.497 e. The van der Waals surface area contributed by atoms with E-state index in [4.69, 9.17) is 4.74 Å². The molecule has 0 radical (unpaired) electrons. The summed E-state index contributed by atoms with van der Waals surface area (Å²) in [7, 11) is 3.45. The summed E-state index contributed by atoms with van der Waals surface area (Å²) >= 11 is 0. The zero-order valence-corrected chi connectivity index (χ0v) is 13.0. The normalized spacial score (nSPS) is 12.4. The van der Waals surface area contributed by atoms with Crippen LogP contribution in [0.5, 0.6) is 5.75 Å². The second kappa shape index (κ2) is 9.76. The molecule has 1 unspecified atom stereocenters. The zero-order chi connectivity index (χ0) is 14.8. The van der Waals surface area contributed by atoms with Gasteiger partial charge in [0.2, 0.25) is 0 Å². The molecule has 0 saturated carbocycles. The van der Waals surface area contributed by atoms with E-state index in [0.29, 0.717) is 5.75 Å². The summed E-state index contributed by atoms with van der Waals surface area (Å²) in [6.07, 6.45) is 8.55. The number of methoxy groups -OCH3 is 1. The van der Waals surface area contributed by atoms with Crippen LogP contribution in [-0.2, 0) is 0 Å². The van der Waals surface area contributed by atoms with Crippen LogP contribution in [0.15, 0.2) is 18.2 Å². The highest BCUT2D eigenvalue weighted by atomic mass is 19.1. The van der Waals surface area contributed by atoms with Crippen molar-refractivity contribution in [2.75, 3.05) is 14.2 Å². The molecule has 1 aromatic carbocycles. The smallest absolute Gasteiger partial charge is 0.131 e. The lowest BCUT2D eigenvalue weighted by Crippen LogP contribution is -2.17. The predicted octanol–water partition coefficient (Wildman–Crippen LogP) is 4.85. The lowest BCUT2D eigenvalue weighted by atomic mass is 9.99. The average molecular weight is 281 g/mol. The van der Waals surface area contributed by atoms with Gasteiger partial charge in [0.25, 0.3) is 0 Å². The van der Waals surface area contributed by atoms with Crippen molar-refractivity contribution >= 4 is 0 Å². The molecule has 0 bridgehead atoms. The summed E-state index contributed by atoms with van der Waals surface area (Å²) < 4.78 is 19.1. The molecule has 1 N–H and O–H groups in total. The first-order valence-electron chi connectivity index (χ1n) is 7.73. The molecule has 0 fully saturated rings.